The minimum Gasteiger partial charge on any atom is -0.352 e. The number of H-pyrrole nitrogens is 1. The van der Waals surface area contributed by atoms with Gasteiger partial charge in [0.25, 0.3) is 5.91 Å². The van der Waals surface area contributed by atoms with Crippen LogP contribution in [0, 0.1) is 11.8 Å². The summed E-state index contributed by atoms with van der Waals surface area (Å²) in [7, 11) is 0. The molecular weight excluding hydrogens is 264 g/mol. The van der Waals surface area contributed by atoms with Gasteiger partial charge in [0, 0.05) is 25.3 Å². The third-order valence-electron chi connectivity index (χ3n) is 4.01. The highest BCUT2D eigenvalue weighted by Crippen LogP contribution is 2.17. The predicted octanol–water partition coefficient (Wildman–Crippen LogP) is 2.07. The average molecular weight is 292 g/mol. The monoisotopic (exact) mass is 292 g/mol. The predicted molar refractivity (Wildman–Crippen MR) is 84.3 cm³/mol. The Kier molecular flexibility index (Phi) is 5.79. The number of aryl methyl sites for hydroxylation is 1. The van der Waals surface area contributed by atoms with Crippen molar-refractivity contribution in [2.75, 3.05) is 26.2 Å². The Morgan fingerprint density at radius 1 is 1.57 bits per heavy atom. The number of amides is 1. The number of hydrogen-bond acceptors (Lipinski definition) is 3. The van der Waals surface area contributed by atoms with Crippen LogP contribution in [-0.2, 0) is 6.42 Å². The molecule has 0 aliphatic carbocycles. The van der Waals surface area contributed by atoms with Crippen LogP contribution < -0.4 is 5.32 Å². The molecule has 1 aliphatic heterocycles. The van der Waals surface area contributed by atoms with Crippen molar-refractivity contribution in [3.05, 3.63) is 17.5 Å². The molecule has 2 heterocycles. The third kappa shape index (κ3) is 4.56. The molecule has 1 aliphatic rings. The van der Waals surface area contributed by atoms with Gasteiger partial charge in [-0.25, -0.2) is 0 Å². The van der Waals surface area contributed by atoms with E-state index >= 15 is 0 Å². The number of rotatable bonds is 7. The second kappa shape index (κ2) is 7.59. The van der Waals surface area contributed by atoms with Gasteiger partial charge in [-0.3, -0.25) is 9.89 Å². The van der Waals surface area contributed by atoms with E-state index in [1.54, 1.807) is 6.20 Å². The van der Waals surface area contributed by atoms with E-state index in [0.717, 1.165) is 44.7 Å². The molecule has 1 aromatic heterocycles. The van der Waals surface area contributed by atoms with Gasteiger partial charge in [-0.2, -0.15) is 5.10 Å². The van der Waals surface area contributed by atoms with Crippen LogP contribution in [-0.4, -0.2) is 47.2 Å². The first-order chi connectivity index (χ1) is 10.1. The maximum atomic E-state index is 12.2. The zero-order valence-electron chi connectivity index (χ0n) is 13.5. The van der Waals surface area contributed by atoms with Crippen molar-refractivity contribution in [1.29, 1.82) is 0 Å². The van der Waals surface area contributed by atoms with Gasteiger partial charge in [-0.15, -0.1) is 0 Å². The van der Waals surface area contributed by atoms with E-state index in [4.69, 9.17) is 0 Å². The fraction of sp³-hybridized carbons (Fsp3) is 0.750. The number of carbonyl (C=O) groups excluding carboxylic acids is 1. The van der Waals surface area contributed by atoms with Gasteiger partial charge in [0.1, 0.15) is 0 Å². The normalized spacial score (nSPS) is 19.3. The van der Waals surface area contributed by atoms with Crippen LogP contribution in [0.1, 0.15) is 49.7 Å². The van der Waals surface area contributed by atoms with Crippen molar-refractivity contribution >= 4 is 5.91 Å². The molecule has 0 radical (unpaired) electrons. The maximum Gasteiger partial charge on any atom is 0.254 e. The SMILES string of the molecule is CCCc1[nH]ncc1C(=O)NC[C@H]1CCN(CC(C)C)C1. The smallest absolute Gasteiger partial charge is 0.254 e. The van der Waals surface area contributed by atoms with Crippen LogP contribution in [0.3, 0.4) is 0 Å². The van der Waals surface area contributed by atoms with Crippen LogP contribution in [0.2, 0.25) is 0 Å². The lowest BCUT2D eigenvalue weighted by Gasteiger charge is -2.18. The maximum absolute atomic E-state index is 12.2. The first-order valence-corrected chi connectivity index (χ1v) is 8.13. The minimum atomic E-state index is 0.00881. The van der Waals surface area contributed by atoms with E-state index in [-0.39, 0.29) is 5.91 Å². The Hall–Kier alpha value is -1.36. The molecule has 0 unspecified atom stereocenters. The van der Waals surface area contributed by atoms with Crippen molar-refractivity contribution in [2.45, 2.75) is 40.0 Å². The molecule has 21 heavy (non-hydrogen) atoms. The van der Waals surface area contributed by atoms with E-state index in [1.807, 2.05) is 0 Å². The molecule has 1 aromatic rings. The second-order valence-electron chi connectivity index (χ2n) is 6.53. The Morgan fingerprint density at radius 2 is 2.38 bits per heavy atom. The third-order valence-corrected chi connectivity index (χ3v) is 4.01. The highest BCUT2D eigenvalue weighted by Gasteiger charge is 2.23. The Morgan fingerprint density at radius 3 is 3.10 bits per heavy atom. The van der Waals surface area contributed by atoms with Gasteiger partial charge < -0.3 is 10.2 Å². The van der Waals surface area contributed by atoms with E-state index in [9.17, 15) is 4.79 Å². The van der Waals surface area contributed by atoms with Crippen LogP contribution >= 0.6 is 0 Å². The lowest BCUT2D eigenvalue weighted by molar-refractivity contribution is 0.0946. The van der Waals surface area contributed by atoms with Crippen molar-refractivity contribution < 1.29 is 4.79 Å². The number of hydrogen-bond donors (Lipinski definition) is 2. The second-order valence-corrected chi connectivity index (χ2v) is 6.53. The zero-order chi connectivity index (χ0) is 15.2. The number of nitrogens with zero attached hydrogens (tertiary/aromatic N) is 2. The highest BCUT2D eigenvalue weighted by atomic mass is 16.1. The largest absolute Gasteiger partial charge is 0.352 e. The molecule has 1 amide bonds. The van der Waals surface area contributed by atoms with Gasteiger partial charge in [0.05, 0.1) is 11.8 Å². The summed E-state index contributed by atoms with van der Waals surface area (Å²) < 4.78 is 0. The highest BCUT2D eigenvalue weighted by molar-refractivity contribution is 5.95. The number of aromatic nitrogens is 2. The molecule has 1 atom stereocenters. The average Bonchev–Trinajstić information content (AvgIpc) is 3.05. The summed E-state index contributed by atoms with van der Waals surface area (Å²) >= 11 is 0. The van der Waals surface area contributed by atoms with Crippen LogP contribution in [0.25, 0.3) is 0 Å². The van der Waals surface area contributed by atoms with E-state index in [2.05, 4.69) is 41.2 Å². The molecule has 1 saturated heterocycles. The Labute approximate surface area is 127 Å². The molecule has 2 N–H and O–H groups in total. The van der Waals surface area contributed by atoms with E-state index < -0.39 is 0 Å². The zero-order valence-corrected chi connectivity index (χ0v) is 13.5. The molecule has 0 spiro atoms. The molecule has 1 fully saturated rings. The van der Waals surface area contributed by atoms with Crippen molar-refractivity contribution in [3.63, 3.8) is 0 Å². The van der Waals surface area contributed by atoms with Crippen molar-refractivity contribution in [1.82, 2.24) is 20.4 Å². The summed E-state index contributed by atoms with van der Waals surface area (Å²) in [6.45, 7) is 10.8. The summed E-state index contributed by atoms with van der Waals surface area (Å²) in [5.41, 5.74) is 1.65. The van der Waals surface area contributed by atoms with Gasteiger partial charge in [0.15, 0.2) is 0 Å². The number of aromatic amines is 1. The van der Waals surface area contributed by atoms with Crippen LogP contribution in [0.5, 0.6) is 0 Å². The minimum absolute atomic E-state index is 0.00881. The lowest BCUT2D eigenvalue weighted by atomic mass is 10.1. The molecule has 0 aromatic carbocycles. The summed E-state index contributed by atoms with van der Waals surface area (Å²) in [5.74, 6) is 1.30. The standard InChI is InChI=1S/C16H28N4O/c1-4-5-15-14(9-18-19-15)16(21)17-8-13-6-7-20(11-13)10-12(2)3/h9,12-13H,4-8,10-11H2,1-3H3,(H,17,21)(H,18,19)/t13-/m1/s1. The van der Waals surface area contributed by atoms with Crippen molar-refractivity contribution in [2.24, 2.45) is 11.8 Å². The fourth-order valence-electron chi connectivity index (χ4n) is 3.04. The fourth-order valence-corrected chi connectivity index (χ4v) is 3.04. The molecular formula is C16H28N4O. The van der Waals surface area contributed by atoms with E-state index in [0.29, 0.717) is 17.4 Å². The van der Waals surface area contributed by atoms with Crippen molar-refractivity contribution in [3.8, 4) is 0 Å². The van der Waals surface area contributed by atoms with Gasteiger partial charge in [-0.05, 0) is 31.2 Å². The number of carbonyl (C=O) groups is 1. The topological polar surface area (TPSA) is 61.0 Å². The van der Waals surface area contributed by atoms with Crippen LogP contribution in [0.15, 0.2) is 6.20 Å². The number of likely N-dealkylation sites (tertiary alicyclic amines) is 1. The summed E-state index contributed by atoms with van der Waals surface area (Å²) in [5, 5.41) is 9.99. The molecule has 5 nitrogen and oxygen atoms in total. The Balaban J connectivity index is 1.78. The summed E-state index contributed by atoms with van der Waals surface area (Å²) in [4.78, 5) is 14.7. The Bertz CT molecular complexity index is 455. The summed E-state index contributed by atoms with van der Waals surface area (Å²) in [6.07, 6.45) is 4.70. The molecule has 0 saturated carbocycles. The number of nitrogens with one attached hydrogen (secondary N) is 2. The molecule has 2 rings (SSSR count). The van der Waals surface area contributed by atoms with Gasteiger partial charge in [0.2, 0.25) is 0 Å². The van der Waals surface area contributed by atoms with Crippen LogP contribution in [0.4, 0.5) is 0 Å². The molecule has 118 valence electrons. The van der Waals surface area contributed by atoms with E-state index in [1.165, 1.54) is 6.42 Å². The van der Waals surface area contributed by atoms with Gasteiger partial charge in [-0.1, -0.05) is 27.2 Å². The quantitative estimate of drug-likeness (QED) is 0.809. The molecule has 5 heteroatoms. The molecule has 0 bridgehead atoms. The van der Waals surface area contributed by atoms with Gasteiger partial charge >= 0.3 is 0 Å². The lowest BCUT2D eigenvalue weighted by Crippen LogP contribution is -2.32. The first kappa shape index (κ1) is 16.0. The first-order valence-electron chi connectivity index (χ1n) is 8.13. The summed E-state index contributed by atoms with van der Waals surface area (Å²) in [6, 6.07) is 0.